The molecule has 3 rings (SSSR count). The molecular weight excluding hydrogens is 362 g/mol. The van der Waals surface area contributed by atoms with Crippen LogP contribution in [0.2, 0.25) is 0 Å². The Morgan fingerprint density at radius 2 is 1.91 bits per heavy atom. The Balaban J connectivity index is 1.87. The Bertz CT molecular complexity index is 772. The molecule has 0 aliphatic carbocycles. The molecule has 2 heterocycles. The molecule has 0 atom stereocenters. The number of ether oxygens (including phenoxy) is 1. The van der Waals surface area contributed by atoms with Crippen molar-refractivity contribution in [3.63, 3.8) is 0 Å². The lowest BCUT2D eigenvalue weighted by Gasteiger charge is -2.05. The van der Waals surface area contributed by atoms with E-state index in [2.05, 4.69) is 34.8 Å². The van der Waals surface area contributed by atoms with Gasteiger partial charge >= 0.3 is 5.97 Å². The number of cyclic esters (lactones) is 1. The molecular formula is C17H14BrNO2S. The summed E-state index contributed by atoms with van der Waals surface area (Å²) in [4.78, 5) is 17.2. The Labute approximate surface area is 141 Å². The first-order chi connectivity index (χ1) is 10.5. The minimum Gasteiger partial charge on any atom is -0.402 e. The van der Waals surface area contributed by atoms with E-state index in [1.165, 1.54) is 5.56 Å². The minimum atomic E-state index is -0.410. The maximum Gasteiger partial charge on any atom is 0.363 e. The fourth-order valence-electron chi connectivity index (χ4n) is 2.08. The number of rotatable bonds is 3. The molecule has 0 unspecified atom stereocenters. The van der Waals surface area contributed by atoms with Gasteiger partial charge in [0.25, 0.3) is 0 Å². The normalized spacial score (nSPS) is 16.3. The highest BCUT2D eigenvalue weighted by Gasteiger charge is 2.24. The van der Waals surface area contributed by atoms with E-state index in [0.717, 1.165) is 14.2 Å². The highest BCUT2D eigenvalue weighted by Crippen LogP contribution is 2.26. The third kappa shape index (κ3) is 3.20. The molecule has 1 aliphatic rings. The fraction of sp³-hybridized carbons (Fsp3) is 0.176. The van der Waals surface area contributed by atoms with Gasteiger partial charge in [0.2, 0.25) is 5.90 Å². The third-order valence-corrected chi connectivity index (χ3v) is 4.89. The van der Waals surface area contributed by atoms with Crippen molar-refractivity contribution in [1.29, 1.82) is 0 Å². The zero-order chi connectivity index (χ0) is 15.7. The van der Waals surface area contributed by atoms with E-state index >= 15 is 0 Å². The molecule has 0 N–H and O–H groups in total. The van der Waals surface area contributed by atoms with Gasteiger partial charge in [0.15, 0.2) is 5.70 Å². The standard InChI is InChI=1S/C17H14BrNO2S/c1-10(2)11-3-5-12(6-4-11)16-19-14(17(20)21-16)9-13-7-8-15(18)22-13/h3-10H,1-2H3/b14-9-. The number of carbonyl (C=O) groups excluding carboxylic acids is 1. The van der Waals surface area contributed by atoms with E-state index in [4.69, 9.17) is 4.74 Å². The molecule has 0 fully saturated rings. The summed E-state index contributed by atoms with van der Waals surface area (Å²) in [5, 5.41) is 0. The van der Waals surface area contributed by atoms with Crippen LogP contribution in [0.25, 0.3) is 6.08 Å². The second-order valence-electron chi connectivity index (χ2n) is 5.25. The lowest BCUT2D eigenvalue weighted by molar-refractivity contribution is -0.129. The Hall–Kier alpha value is -1.72. The van der Waals surface area contributed by atoms with Gasteiger partial charge in [-0.25, -0.2) is 9.79 Å². The lowest BCUT2D eigenvalue weighted by Crippen LogP contribution is -2.05. The monoisotopic (exact) mass is 375 g/mol. The maximum atomic E-state index is 11.9. The van der Waals surface area contributed by atoms with E-state index in [-0.39, 0.29) is 0 Å². The van der Waals surface area contributed by atoms with Gasteiger partial charge < -0.3 is 4.74 Å². The first-order valence-electron chi connectivity index (χ1n) is 6.91. The number of esters is 1. The van der Waals surface area contributed by atoms with Crippen LogP contribution in [0.1, 0.15) is 35.8 Å². The van der Waals surface area contributed by atoms with Crippen LogP contribution in [-0.2, 0) is 9.53 Å². The van der Waals surface area contributed by atoms with Crippen molar-refractivity contribution in [2.24, 2.45) is 4.99 Å². The molecule has 2 aromatic rings. The maximum absolute atomic E-state index is 11.9. The molecule has 5 heteroatoms. The van der Waals surface area contributed by atoms with Crippen LogP contribution < -0.4 is 0 Å². The van der Waals surface area contributed by atoms with Gasteiger partial charge in [0.05, 0.1) is 3.79 Å². The number of nitrogens with zero attached hydrogens (tertiary/aromatic N) is 1. The SMILES string of the molecule is CC(C)c1ccc(C2=N/C(=C\c3ccc(Br)s3)C(=O)O2)cc1. The summed E-state index contributed by atoms with van der Waals surface area (Å²) in [6.45, 7) is 4.28. The van der Waals surface area contributed by atoms with Crippen molar-refractivity contribution < 1.29 is 9.53 Å². The summed E-state index contributed by atoms with van der Waals surface area (Å²) in [6, 6.07) is 11.8. The lowest BCUT2D eigenvalue weighted by atomic mass is 10.0. The second-order valence-corrected chi connectivity index (χ2v) is 7.75. The molecule has 0 saturated heterocycles. The molecule has 0 bridgehead atoms. The van der Waals surface area contributed by atoms with Crippen molar-refractivity contribution in [2.45, 2.75) is 19.8 Å². The van der Waals surface area contributed by atoms with Gasteiger partial charge in [0, 0.05) is 10.4 Å². The van der Waals surface area contributed by atoms with Crippen molar-refractivity contribution in [1.82, 2.24) is 0 Å². The Kier molecular flexibility index (Phi) is 4.27. The third-order valence-electron chi connectivity index (χ3n) is 3.32. The first-order valence-corrected chi connectivity index (χ1v) is 8.52. The summed E-state index contributed by atoms with van der Waals surface area (Å²) < 4.78 is 6.29. The number of hydrogen-bond acceptors (Lipinski definition) is 4. The van der Waals surface area contributed by atoms with E-state index in [1.807, 2.05) is 36.4 Å². The number of hydrogen-bond donors (Lipinski definition) is 0. The number of thiophene rings is 1. The minimum absolute atomic E-state index is 0.331. The van der Waals surface area contributed by atoms with Crippen molar-refractivity contribution >= 4 is 45.2 Å². The number of carbonyl (C=O) groups is 1. The van der Waals surface area contributed by atoms with Gasteiger partial charge in [0.1, 0.15) is 0 Å². The fourth-order valence-corrected chi connectivity index (χ4v) is 3.44. The van der Waals surface area contributed by atoms with Crippen molar-refractivity contribution in [3.8, 4) is 0 Å². The van der Waals surface area contributed by atoms with Crippen molar-refractivity contribution in [2.75, 3.05) is 0 Å². The number of halogens is 1. The average Bonchev–Trinajstić information content (AvgIpc) is 3.06. The van der Waals surface area contributed by atoms with Gasteiger partial charge in [-0.05, 0) is 57.8 Å². The quantitative estimate of drug-likeness (QED) is 0.560. The topological polar surface area (TPSA) is 38.7 Å². The highest BCUT2D eigenvalue weighted by atomic mass is 79.9. The molecule has 0 amide bonds. The number of aliphatic imine (C=N–C) groups is 1. The largest absolute Gasteiger partial charge is 0.402 e. The predicted octanol–water partition coefficient (Wildman–Crippen LogP) is 4.98. The van der Waals surface area contributed by atoms with E-state index in [9.17, 15) is 4.79 Å². The van der Waals surface area contributed by atoms with Gasteiger partial charge in [-0.3, -0.25) is 0 Å². The Morgan fingerprint density at radius 3 is 2.50 bits per heavy atom. The van der Waals surface area contributed by atoms with Gasteiger partial charge in [-0.15, -0.1) is 11.3 Å². The highest BCUT2D eigenvalue weighted by molar-refractivity contribution is 9.11. The molecule has 3 nitrogen and oxygen atoms in total. The van der Waals surface area contributed by atoms with Crippen LogP contribution in [0.15, 0.2) is 50.9 Å². The first kappa shape index (κ1) is 15.2. The smallest absolute Gasteiger partial charge is 0.363 e. The van der Waals surface area contributed by atoms with Crippen LogP contribution >= 0.6 is 27.3 Å². The van der Waals surface area contributed by atoms with Crippen LogP contribution in [0.3, 0.4) is 0 Å². The molecule has 1 aromatic carbocycles. The van der Waals surface area contributed by atoms with E-state index in [0.29, 0.717) is 17.5 Å². The molecule has 0 spiro atoms. The molecule has 1 aliphatic heterocycles. The van der Waals surface area contributed by atoms with Gasteiger partial charge in [-0.2, -0.15) is 0 Å². The van der Waals surface area contributed by atoms with E-state index < -0.39 is 5.97 Å². The predicted molar refractivity (Wildman–Crippen MR) is 93.2 cm³/mol. The Morgan fingerprint density at radius 1 is 1.18 bits per heavy atom. The van der Waals surface area contributed by atoms with Crippen LogP contribution in [0.4, 0.5) is 0 Å². The van der Waals surface area contributed by atoms with Crippen LogP contribution in [-0.4, -0.2) is 11.9 Å². The summed E-state index contributed by atoms with van der Waals surface area (Å²) in [5.74, 6) is 0.421. The summed E-state index contributed by atoms with van der Waals surface area (Å²) in [6.07, 6.45) is 1.74. The average molecular weight is 376 g/mol. The van der Waals surface area contributed by atoms with Crippen LogP contribution in [0.5, 0.6) is 0 Å². The van der Waals surface area contributed by atoms with Crippen molar-refractivity contribution in [3.05, 3.63) is 61.9 Å². The second kappa shape index (κ2) is 6.18. The molecule has 112 valence electrons. The molecule has 1 aromatic heterocycles. The number of benzene rings is 1. The summed E-state index contributed by atoms with van der Waals surface area (Å²) in [7, 11) is 0. The summed E-state index contributed by atoms with van der Waals surface area (Å²) in [5.41, 5.74) is 2.39. The molecule has 0 saturated carbocycles. The zero-order valence-electron chi connectivity index (χ0n) is 12.2. The zero-order valence-corrected chi connectivity index (χ0v) is 14.6. The molecule has 22 heavy (non-hydrogen) atoms. The summed E-state index contributed by atoms with van der Waals surface area (Å²) >= 11 is 4.94. The van der Waals surface area contributed by atoms with E-state index in [1.54, 1.807) is 17.4 Å². The van der Waals surface area contributed by atoms with Gasteiger partial charge in [-0.1, -0.05) is 26.0 Å². The molecule has 0 radical (unpaired) electrons. The van der Waals surface area contributed by atoms with Crippen LogP contribution in [0, 0.1) is 0 Å².